The van der Waals surface area contributed by atoms with Crippen LogP contribution in [0.2, 0.25) is 0 Å². The fourth-order valence-electron chi connectivity index (χ4n) is 4.59. The van der Waals surface area contributed by atoms with Gasteiger partial charge in [-0.2, -0.15) is 0 Å². The monoisotopic (exact) mass is 512 g/mol. The van der Waals surface area contributed by atoms with Gasteiger partial charge < -0.3 is 19.6 Å². The Morgan fingerprint density at radius 3 is 2.30 bits per heavy atom. The predicted molar refractivity (Wildman–Crippen MR) is 131 cm³/mol. The number of ether oxygens (including phenoxy) is 1. The number of halogens is 3. The number of rotatable bonds is 7. The summed E-state index contributed by atoms with van der Waals surface area (Å²) in [5, 5.41) is 9.24. The highest BCUT2D eigenvalue weighted by molar-refractivity contribution is 5.71. The van der Waals surface area contributed by atoms with Crippen LogP contribution in [0, 0.1) is 17.5 Å². The van der Waals surface area contributed by atoms with E-state index in [0.29, 0.717) is 24.1 Å². The fourth-order valence-corrected chi connectivity index (χ4v) is 4.59. The zero-order valence-corrected chi connectivity index (χ0v) is 20.5. The molecule has 3 aromatic rings. The molecule has 1 fully saturated rings. The predicted octanol–water partition coefficient (Wildman–Crippen LogP) is 6.57. The fraction of sp³-hybridized carbons (Fsp3) is 0.286. The van der Waals surface area contributed by atoms with Crippen molar-refractivity contribution >= 4 is 12.2 Å². The molecule has 6 nitrogen and oxygen atoms in total. The van der Waals surface area contributed by atoms with E-state index in [1.54, 1.807) is 41.3 Å². The van der Waals surface area contributed by atoms with E-state index in [2.05, 4.69) is 0 Å². The quantitative estimate of drug-likeness (QED) is 0.389. The molecule has 0 spiro atoms. The van der Waals surface area contributed by atoms with E-state index in [1.165, 1.54) is 31.3 Å². The molecule has 0 saturated carbocycles. The van der Waals surface area contributed by atoms with E-state index in [9.17, 15) is 27.9 Å². The molecule has 0 bridgehead atoms. The van der Waals surface area contributed by atoms with Crippen molar-refractivity contribution in [3.05, 3.63) is 95.3 Å². The van der Waals surface area contributed by atoms with Crippen LogP contribution in [0.5, 0.6) is 0 Å². The van der Waals surface area contributed by atoms with Crippen LogP contribution in [0.4, 0.5) is 22.8 Å². The van der Waals surface area contributed by atoms with E-state index in [1.807, 2.05) is 6.92 Å². The van der Waals surface area contributed by atoms with Crippen LogP contribution in [0.3, 0.4) is 0 Å². The van der Waals surface area contributed by atoms with E-state index < -0.39 is 35.2 Å². The zero-order valence-electron chi connectivity index (χ0n) is 20.5. The maximum atomic E-state index is 14.2. The summed E-state index contributed by atoms with van der Waals surface area (Å²) in [4.78, 5) is 27.2. The molecular weight excluding hydrogens is 485 g/mol. The molecule has 1 aliphatic heterocycles. The minimum atomic E-state index is -1.10. The topological polar surface area (TPSA) is 70.1 Å². The van der Waals surface area contributed by atoms with Crippen molar-refractivity contribution in [2.45, 2.75) is 31.4 Å². The summed E-state index contributed by atoms with van der Waals surface area (Å²) in [5.41, 5.74) is 1.14. The normalized spacial score (nSPS) is 18.3. The lowest BCUT2D eigenvalue weighted by Gasteiger charge is -2.44. The van der Waals surface area contributed by atoms with Crippen molar-refractivity contribution in [3.63, 3.8) is 0 Å². The van der Waals surface area contributed by atoms with Crippen LogP contribution in [-0.2, 0) is 10.3 Å². The number of hydrogen-bond donors (Lipinski definition) is 1. The third kappa shape index (κ3) is 5.55. The molecule has 3 aromatic carbocycles. The largest absolute Gasteiger partial charge is 0.465 e. The van der Waals surface area contributed by atoms with Crippen molar-refractivity contribution in [2.75, 3.05) is 20.1 Å². The molecule has 1 saturated heterocycles. The lowest BCUT2D eigenvalue weighted by molar-refractivity contribution is -0.0677. The SMILES string of the molecule is C[C@@H](c1ccc(-c2ccc(F)cc2F)cc1)N1CC[C@@](CCN(C)C(=O)O)(c2ccc(F)cc2)OC1=O. The molecule has 2 amide bonds. The zero-order chi connectivity index (χ0) is 26.7. The Morgan fingerprint density at radius 1 is 1.05 bits per heavy atom. The third-order valence-electron chi connectivity index (χ3n) is 6.92. The highest BCUT2D eigenvalue weighted by Gasteiger charge is 2.43. The van der Waals surface area contributed by atoms with Crippen LogP contribution < -0.4 is 0 Å². The lowest BCUT2D eigenvalue weighted by Crippen LogP contribution is -2.49. The summed E-state index contributed by atoms with van der Waals surface area (Å²) in [5.74, 6) is -1.74. The van der Waals surface area contributed by atoms with Crippen molar-refractivity contribution in [1.29, 1.82) is 0 Å². The number of hydrogen-bond acceptors (Lipinski definition) is 3. The van der Waals surface area contributed by atoms with Crippen LogP contribution >= 0.6 is 0 Å². The average Bonchev–Trinajstić information content (AvgIpc) is 2.87. The molecule has 4 rings (SSSR count). The minimum absolute atomic E-state index is 0.122. The lowest BCUT2D eigenvalue weighted by atomic mass is 9.85. The standard InChI is InChI=1S/C28H27F3N2O4/c1-18(19-3-5-20(6-4-19)24-12-11-23(30)17-25(24)31)33-16-14-28(37-27(33)36,13-15-32(2)26(34)35)21-7-9-22(29)10-8-21/h3-12,17-18H,13-16H2,1-2H3,(H,34,35)/t18-,28-/m0/s1. The number of amides is 2. The summed E-state index contributed by atoms with van der Waals surface area (Å²) in [6.07, 6.45) is -1.08. The van der Waals surface area contributed by atoms with Gasteiger partial charge in [-0.25, -0.2) is 22.8 Å². The van der Waals surface area contributed by atoms with Gasteiger partial charge in [0.2, 0.25) is 0 Å². The number of cyclic esters (lactones) is 1. The maximum Gasteiger partial charge on any atom is 0.411 e. The Kier molecular flexibility index (Phi) is 7.42. The van der Waals surface area contributed by atoms with Gasteiger partial charge in [0.15, 0.2) is 0 Å². The second-order valence-corrected chi connectivity index (χ2v) is 9.19. The molecule has 0 aromatic heterocycles. The van der Waals surface area contributed by atoms with E-state index >= 15 is 0 Å². The van der Waals surface area contributed by atoms with Gasteiger partial charge in [-0.05, 0) is 47.9 Å². The number of carboxylic acid groups (broad SMARTS) is 1. The molecule has 37 heavy (non-hydrogen) atoms. The molecule has 1 aliphatic rings. The summed E-state index contributed by atoms with van der Waals surface area (Å²) in [6, 6.07) is 15.7. The Hall–Kier alpha value is -4.01. The Morgan fingerprint density at radius 2 is 1.70 bits per heavy atom. The average molecular weight is 513 g/mol. The van der Waals surface area contributed by atoms with Gasteiger partial charge in [0.1, 0.15) is 23.1 Å². The number of benzene rings is 3. The number of carbonyl (C=O) groups is 2. The molecule has 1 N–H and O–H groups in total. The van der Waals surface area contributed by atoms with Crippen molar-refractivity contribution in [2.24, 2.45) is 0 Å². The smallest absolute Gasteiger partial charge is 0.411 e. The second kappa shape index (κ2) is 10.5. The molecule has 9 heteroatoms. The minimum Gasteiger partial charge on any atom is -0.465 e. The molecule has 0 aliphatic carbocycles. The molecule has 1 heterocycles. The molecule has 0 radical (unpaired) electrons. The highest BCUT2D eigenvalue weighted by Crippen LogP contribution is 2.40. The highest BCUT2D eigenvalue weighted by atomic mass is 19.1. The van der Waals surface area contributed by atoms with Crippen molar-refractivity contribution in [3.8, 4) is 11.1 Å². The molecule has 194 valence electrons. The summed E-state index contributed by atoms with van der Waals surface area (Å²) in [7, 11) is 1.43. The molecule has 2 atom stereocenters. The third-order valence-corrected chi connectivity index (χ3v) is 6.92. The Labute approximate surface area is 212 Å². The van der Waals surface area contributed by atoms with Gasteiger partial charge in [0.05, 0.1) is 6.04 Å². The van der Waals surface area contributed by atoms with E-state index in [0.717, 1.165) is 16.5 Å². The Bertz CT molecular complexity index is 1280. The van der Waals surface area contributed by atoms with Gasteiger partial charge in [-0.15, -0.1) is 0 Å². The summed E-state index contributed by atoms with van der Waals surface area (Å²) >= 11 is 0. The first kappa shape index (κ1) is 26.1. The van der Waals surface area contributed by atoms with Crippen molar-refractivity contribution < 1.29 is 32.6 Å². The summed E-state index contributed by atoms with van der Waals surface area (Å²) in [6.45, 7) is 2.29. The Balaban J connectivity index is 1.53. The first-order valence-electron chi connectivity index (χ1n) is 11.8. The van der Waals surface area contributed by atoms with Crippen molar-refractivity contribution in [1.82, 2.24) is 9.80 Å². The van der Waals surface area contributed by atoms with Gasteiger partial charge in [0, 0.05) is 44.6 Å². The first-order valence-corrected chi connectivity index (χ1v) is 11.8. The van der Waals surface area contributed by atoms with Gasteiger partial charge >= 0.3 is 12.2 Å². The van der Waals surface area contributed by atoms with Gasteiger partial charge in [-0.1, -0.05) is 36.4 Å². The summed E-state index contributed by atoms with van der Waals surface area (Å²) < 4.78 is 46.9. The van der Waals surface area contributed by atoms with Crippen LogP contribution in [0.25, 0.3) is 11.1 Å². The maximum absolute atomic E-state index is 14.2. The van der Waals surface area contributed by atoms with Crippen LogP contribution in [0.1, 0.15) is 36.9 Å². The first-order chi connectivity index (χ1) is 17.6. The van der Waals surface area contributed by atoms with Gasteiger partial charge in [-0.3, -0.25) is 0 Å². The second-order valence-electron chi connectivity index (χ2n) is 9.19. The number of nitrogens with zero attached hydrogens (tertiary/aromatic N) is 2. The molecular formula is C28H27F3N2O4. The molecule has 0 unspecified atom stereocenters. The van der Waals surface area contributed by atoms with Gasteiger partial charge in [0.25, 0.3) is 0 Å². The number of carbonyl (C=O) groups excluding carboxylic acids is 1. The van der Waals surface area contributed by atoms with Crippen LogP contribution in [-0.4, -0.2) is 47.2 Å². The van der Waals surface area contributed by atoms with E-state index in [4.69, 9.17) is 4.74 Å². The van der Waals surface area contributed by atoms with E-state index in [-0.39, 0.29) is 24.6 Å². The van der Waals surface area contributed by atoms with Crippen LogP contribution in [0.15, 0.2) is 66.7 Å².